The lowest BCUT2D eigenvalue weighted by molar-refractivity contribution is -0.384. The maximum atomic E-state index is 13.5. The first-order valence-corrected chi connectivity index (χ1v) is 7.52. The van der Waals surface area contributed by atoms with Crippen LogP contribution in [0.25, 0.3) is 0 Å². The van der Waals surface area contributed by atoms with Crippen LogP contribution in [0.5, 0.6) is 0 Å². The second-order valence-electron chi connectivity index (χ2n) is 3.93. The van der Waals surface area contributed by atoms with E-state index in [4.69, 9.17) is 0 Å². The maximum absolute atomic E-state index is 13.5. The summed E-state index contributed by atoms with van der Waals surface area (Å²) in [6.07, 6.45) is 1.83. The van der Waals surface area contributed by atoms with Crippen molar-refractivity contribution in [3.63, 3.8) is 0 Å². The fourth-order valence-electron chi connectivity index (χ4n) is 1.58. The van der Waals surface area contributed by atoms with Gasteiger partial charge < -0.3 is 10.4 Å². The standard InChI is InChI=1S/C11H14BrFN2O3S/c1-6(11(5-16)19-2)14-9-4-8(13)7(12)3-10(9)15(17)18/h3-4,6,11,14,16H,5H2,1-2H3. The normalized spacial score (nSPS) is 13.9. The summed E-state index contributed by atoms with van der Waals surface area (Å²) >= 11 is 4.35. The Morgan fingerprint density at radius 3 is 2.74 bits per heavy atom. The summed E-state index contributed by atoms with van der Waals surface area (Å²) in [5.41, 5.74) is -0.108. The molecular weight excluding hydrogens is 339 g/mol. The molecule has 1 aromatic rings. The number of rotatable bonds is 6. The largest absolute Gasteiger partial charge is 0.395 e. The molecule has 1 aromatic carbocycles. The van der Waals surface area contributed by atoms with E-state index in [9.17, 15) is 19.6 Å². The first kappa shape index (κ1) is 16.2. The van der Waals surface area contributed by atoms with Crippen LogP contribution in [-0.4, -0.2) is 34.2 Å². The Balaban J connectivity index is 3.06. The third kappa shape index (κ3) is 4.05. The van der Waals surface area contributed by atoms with Crippen molar-refractivity contribution in [1.82, 2.24) is 0 Å². The van der Waals surface area contributed by atoms with E-state index in [0.29, 0.717) is 0 Å². The SMILES string of the molecule is CSC(CO)C(C)Nc1cc(F)c(Br)cc1[N+](=O)[O-]. The number of benzene rings is 1. The summed E-state index contributed by atoms with van der Waals surface area (Å²) in [5.74, 6) is -0.579. The minimum atomic E-state index is -0.579. The smallest absolute Gasteiger partial charge is 0.293 e. The summed E-state index contributed by atoms with van der Waals surface area (Å²) in [6, 6.07) is 1.96. The molecule has 0 aliphatic heterocycles. The number of nitro benzene ring substituents is 1. The van der Waals surface area contributed by atoms with E-state index in [2.05, 4.69) is 21.2 Å². The van der Waals surface area contributed by atoms with E-state index in [1.54, 1.807) is 6.92 Å². The number of aliphatic hydroxyl groups excluding tert-OH is 1. The highest BCUT2D eigenvalue weighted by Gasteiger charge is 2.22. The fraction of sp³-hybridized carbons (Fsp3) is 0.455. The van der Waals surface area contributed by atoms with Crippen LogP contribution in [0.4, 0.5) is 15.8 Å². The van der Waals surface area contributed by atoms with Crippen molar-refractivity contribution in [2.45, 2.75) is 18.2 Å². The van der Waals surface area contributed by atoms with E-state index in [1.807, 2.05) is 6.26 Å². The van der Waals surface area contributed by atoms with Gasteiger partial charge in [-0.1, -0.05) is 0 Å². The molecule has 0 bridgehead atoms. The summed E-state index contributed by atoms with van der Waals surface area (Å²) in [6.45, 7) is 1.71. The molecule has 0 aliphatic rings. The van der Waals surface area contributed by atoms with Gasteiger partial charge in [0.05, 0.1) is 16.0 Å². The lowest BCUT2D eigenvalue weighted by atomic mass is 10.2. The molecule has 0 saturated heterocycles. The van der Waals surface area contributed by atoms with Crippen LogP contribution < -0.4 is 5.32 Å². The highest BCUT2D eigenvalue weighted by molar-refractivity contribution is 9.10. The van der Waals surface area contributed by atoms with Gasteiger partial charge in [0.2, 0.25) is 0 Å². The number of nitrogens with zero attached hydrogens (tertiary/aromatic N) is 1. The van der Waals surface area contributed by atoms with Gasteiger partial charge >= 0.3 is 0 Å². The minimum Gasteiger partial charge on any atom is -0.395 e. The molecule has 0 radical (unpaired) electrons. The molecule has 5 nitrogen and oxygen atoms in total. The predicted molar refractivity (Wildman–Crippen MR) is 78.2 cm³/mol. The number of aliphatic hydroxyl groups is 1. The van der Waals surface area contributed by atoms with Crippen LogP contribution in [0.2, 0.25) is 0 Å². The second kappa shape index (κ2) is 7.06. The lowest BCUT2D eigenvalue weighted by Crippen LogP contribution is -2.31. The number of nitrogens with one attached hydrogen (secondary N) is 1. The third-order valence-electron chi connectivity index (χ3n) is 2.66. The van der Waals surface area contributed by atoms with Gasteiger partial charge in [-0.05, 0) is 29.1 Å². The first-order chi connectivity index (χ1) is 8.90. The van der Waals surface area contributed by atoms with Crippen LogP contribution >= 0.6 is 27.7 Å². The topological polar surface area (TPSA) is 75.4 Å². The predicted octanol–water partition coefficient (Wildman–Crippen LogP) is 3.02. The van der Waals surface area contributed by atoms with Gasteiger partial charge in [0, 0.05) is 23.4 Å². The number of nitro groups is 1. The van der Waals surface area contributed by atoms with E-state index >= 15 is 0 Å². The van der Waals surface area contributed by atoms with Crippen molar-refractivity contribution in [2.75, 3.05) is 18.2 Å². The number of thioether (sulfide) groups is 1. The van der Waals surface area contributed by atoms with Gasteiger partial charge in [-0.2, -0.15) is 11.8 Å². The Morgan fingerprint density at radius 2 is 2.26 bits per heavy atom. The summed E-state index contributed by atoms with van der Waals surface area (Å²) < 4.78 is 13.5. The summed E-state index contributed by atoms with van der Waals surface area (Å²) in [7, 11) is 0. The van der Waals surface area contributed by atoms with Crippen LogP contribution in [0.3, 0.4) is 0 Å². The molecule has 0 spiro atoms. The molecule has 2 atom stereocenters. The zero-order chi connectivity index (χ0) is 14.6. The second-order valence-corrected chi connectivity index (χ2v) is 5.86. The van der Waals surface area contributed by atoms with Crippen molar-refractivity contribution in [3.05, 3.63) is 32.5 Å². The molecule has 2 N–H and O–H groups in total. The molecule has 106 valence electrons. The van der Waals surface area contributed by atoms with Gasteiger partial charge in [0.25, 0.3) is 5.69 Å². The average molecular weight is 353 g/mol. The van der Waals surface area contributed by atoms with Crippen LogP contribution in [0, 0.1) is 15.9 Å². The van der Waals surface area contributed by atoms with Crippen LogP contribution in [0.1, 0.15) is 6.92 Å². The Hall–Kier alpha value is -0.860. The minimum absolute atomic E-state index is 0.0426. The first-order valence-electron chi connectivity index (χ1n) is 5.44. The maximum Gasteiger partial charge on any atom is 0.293 e. The lowest BCUT2D eigenvalue weighted by Gasteiger charge is -2.22. The van der Waals surface area contributed by atoms with E-state index in [1.165, 1.54) is 11.8 Å². The van der Waals surface area contributed by atoms with Crippen LogP contribution in [0.15, 0.2) is 16.6 Å². The molecule has 2 unspecified atom stereocenters. The Labute approximate surface area is 122 Å². The number of anilines is 1. The van der Waals surface area contributed by atoms with Gasteiger partial charge in [0.1, 0.15) is 11.5 Å². The van der Waals surface area contributed by atoms with E-state index in [-0.39, 0.29) is 33.7 Å². The van der Waals surface area contributed by atoms with Gasteiger partial charge in [-0.15, -0.1) is 0 Å². The van der Waals surface area contributed by atoms with Gasteiger partial charge in [-0.3, -0.25) is 10.1 Å². The number of hydrogen-bond acceptors (Lipinski definition) is 5. The Bertz CT molecular complexity index is 471. The van der Waals surface area contributed by atoms with E-state index in [0.717, 1.165) is 12.1 Å². The quantitative estimate of drug-likeness (QED) is 0.607. The molecule has 8 heteroatoms. The molecule has 0 aliphatic carbocycles. The highest BCUT2D eigenvalue weighted by Crippen LogP contribution is 2.31. The number of hydrogen-bond donors (Lipinski definition) is 2. The molecule has 0 amide bonds. The fourth-order valence-corrected chi connectivity index (χ4v) is 2.53. The molecular formula is C11H14BrFN2O3S. The molecule has 19 heavy (non-hydrogen) atoms. The van der Waals surface area contributed by atoms with Crippen molar-refractivity contribution in [1.29, 1.82) is 0 Å². The van der Waals surface area contributed by atoms with Crippen molar-refractivity contribution in [3.8, 4) is 0 Å². The van der Waals surface area contributed by atoms with Crippen molar-refractivity contribution >= 4 is 39.1 Å². The average Bonchev–Trinajstić information content (AvgIpc) is 2.34. The molecule has 0 heterocycles. The van der Waals surface area contributed by atoms with E-state index < -0.39 is 10.7 Å². The molecule has 1 rings (SSSR count). The summed E-state index contributed by atoms with van der Waals surface area (Å²) in [4.78, 5) is 10.4. The van der Waals surface area contributed by atoms with Crippen molar-refractivity contribution < 1.29 is 14.4 Å². The highest BCUT2D eigenvalue weighted by atomic mass is 79.9. The molecule has 0 aromatic heterocycles. The van der Waals surface area contributed by atoms with Gasteiger partial charge in [0.15, 0.2) is 0 Å². The summed E-state index contributed by atoms with van der Waals surface area (Å²) in [5, 5.41) is 22.9. The zero-order valence-electron chi connectivity index (χ0n) is 10.4. The molecule has 0 fully saturated rings. The Morgan fingerprint density at radius 1 is 1.63 bits per heavy atom. The Kier molecular flexibility index (Phi) is 6.02. The van der Waals surface area contributed by atoms with Crippen LogP contribution in [-0.2, 0) is 0 Å². The monoisotopic (exact) mass is 352 g/mol. The third-order valence-corrected chi connectivity index (χ3v) is 4.43. The van der Waals surface area contributed by atoms with Gasteiger partial charge in [-0.25, -0.2) is 4.39 Å². The zero-order valence-corrected chi connectivity index (χ0v) is 12.8. The molecule has 0 saturated carbocycles. The van der Waals surface area contributed by atoms with Crippen molar-refractivity contribution in [2.24, 2.45) is 0 Å². The number of halogens is 2.